The van der Waals surface area contributed by atoms with E-state index in [-0.39, 0.29) is 17.7 Å². The Morgan fingerprint density at radius 1 is 1.00 bits per heavy atom. The van der Waals surface area contributed by atoms with E-state index in [0.29, 0.717) is 11.8 Å². The Kier molecular flexibility index (Phi) is 2.67. The summed E-state index contributed by atoms with van der Waals surface area (Å²) in [6, 6.07) is 9.24. The molecule has 4 aliphatic rings. The van der Waals surface area contributed by atoms with Gasteiger partial charge in [-0.15, -0.1) is 0 Å². The second-order valence-corrected chi connectivity index (χ2v) is 6.35. The van der Waals surface area contributed by atoms with Gasteiger partial charge < -0.3 is 10.4 Å². The van der Waals surface area contributed by atoms with Crippen LogP contribution in [0.1, 0.15) is 6.42 Å². The van der Waals surface area contributed by atoms with Gasteiger partial charge in [0.05, 0.1) is 11.8 Å². The van der Waals surface area contributed by atoms with Gasteiger partial charge in [-0.2, -0.15) is 0 Å². The van der Waals surface area contributed by atoms with Crippen LogP contribution in [0, 0.1) is 35.5 Å². The molecule has 2 fully saturated rings. The third-order valence-corrected chi connectivity index (χ3v) is 5.28. The largest absolute Gasteiger partial charge is 0.481 e. The summed E-state index contributed by atoms with van der Waals surface area (Å²) in [6.07, 6.45) is 5.18. The summed E-state index contributed by atoms with van der Waals surface area (Å²) >= 11 is 0. The zero-order valence-electron chi connectivity index (χ0n) is 11.5. The van der Waals surface area contributed by atoms with Gasteiger partial charge in [0.2, 0.25) is 5.91 Å². The van der Waals surface area contributed by atoms with E-state index < -0.39 is 17.8 Å². The highest BCUT2D eigenvalue weighted by atomic mass is 16.4. The first-order valence-corrected chi connectivity index (χ1v) is 7.44. The van der Waals surface area contributed by atoms with E-state index in [1.807, 2.05) is 36.4 Å². The van der Waals surface area contributed by atoms with Crippen molar-refractivity contribution in [2.75, 3.05) is 5.32 Å². The third kappa shape index (κ3) is 1.89. The summed E-state index contributed by atoms with van der Waals surface area (Å²) in [7, 11) is 0. The van der Waals surface area contributed by atoms with Crippen molar-refractivity contribution in [2.45, 2.75) is 6.42 Å². The number of benzene rings is 1. The molecule has 4 aliphatic carbocycles. The lowest BCUT2D eigenvalue weighted by Crippen LogP contribution is -2.48. The molecule has 2 bridgehead atoms. The predicted molar refractivity (Wildman–Crippen MR) is 77.4 cm³/mol. The number of amides is 1. The molecule has 2 N–H and O–H groups in total. The molecule has 21 heavy (non-hydrogen) atoms. The molecule has 0 saturated heterocycles. The molecule has 1 aromatic carbocycles. The minimum atomic E-state index is -0.840. The number of fused-ring (bicyclic) bond motifs is 1. The van der Waals surface area contributed by atoms with Crippen molar-refractivity contribution in [3.05, 3.63) is 42.5 Å². The normalized spacial score (nSPS) is 38.7. The second kappa shape index (κ2) is 4.45. The van der Waals surface area contributed by atoms with Crippen LogP contribution in [-0.2, 0) is 9.59 Å². The molecule has 0 unspecified atom stereocenters. The lowest BCUT2D eigenvalue weighted by molar-refractivity contribution is -0.152. The number of rotatable bonds is 3. The van der Waals surface area contributed by atoms with E-state index in [2.05, 4.69) is 11.4 Å². The molecule has 5 rings (SSSR count). The van der Waals surface area contributed by atoms with E-state index in [0.717, 1.165) is 12.1 Å². The monoisotopic (exact) mass is 283 g/mol. The Morgan fingerprint density at radius 3 is 2.24 bits per heavy atom. The van der Waals surface area contributed by atoms with Crippen molar-refractivity contribution >= 4 is 17.6 Å². The highest BCUT2D eigenvalue weighted by Crippen LogP contribution is 2.63. The summed E-state index contributed by atoms with van der Waals surface area (Å²) in [5, 5.41) is 12.5. The zero-order valence-corrected chi connectivity index (χ0v) is 11.5. The van der Waals surface area contributed by atoms with Crippen LogP contribution < -0.4 is 5.32 Å². The van der Waals surface area contributed by atoms with Crippen molar-refractivity contribution < 1.29 is 14.7 Å². The Balaban J connectivity index is 1.62. The van der Waals surface area contributed by atoms with Crippen molar-refractivity contribution in [1.29, 1.82) is 0 Å². The number of anilines is 1. The quantitative estimate of drug-likeness (QED) is 0.837. The van der Waals surface area contributed by atoms with Crippen molar-refractivity contribution in [3.63, 3.8) is 0 Å². The number of para-hydroxylation sites is 1. The number of carbonyl (C=O) groups is 2. The number of aliphatic carboxylic acids is 1. The van der Waals surface area contributed by atoms with Gasteiger partial charge in [0, 0.05) is 5.69 Å². The average molecular weight is 283 g/mol. The van der Waals surface area contributed by atoms with E-state index in [9.17, 15) is 14.7 Å². The summed E-state index contributed by atoms with van der Waals surface area (Å²) in [5.74, 6) is -0.891. The van der Waals surface area contributed by atoms with Crippen LogP contribution in [0.4, 0.5) is 5.69 Å². The minimum absolute atomic E-state index is 0.0315. The number of carbonyl (C=O) groups excluding carboxylic acids is 1. The first-order valence-electron chi connectivity index (χ1n) is 7.44. The number of hydrogen-bond acceptors (Lipinski definition) is 2. The van der Waals surface area contributed by atoms with Gasteiger partial charge in [-0.1, -0.05) is 30.4 Å². The molecule has 6 atom stereocenters. The molecule has 1 amide bonds. The Labute approximate surface area is 122 Å². The molecule has 0 heterocycles. The Morgan fingerprint density at radius 2 is 1.62 bits per heavy atom. The highest BCUT2D eigenvalue weighted by molar-refractivity contribution is 5.96. The highest BCUT2D eigenvalue weighted by Gasteiger charge is 2.62. The smallest absolute Gasteiger partial charge is 0.307 e. The number of carboxylic acids is 1. The predicted octanol–water partition coefficient (Wildman–Crippen LogP) is 2.39. The molecule has 0 spiro atoms. The van der Waals surface area contributed by atoms with Crippen molar-refractivity contribution in [3.8, 4) is 0 Å². The number of nitrogens with one attached hydrogen (secondary N) is 1. The van der Waals surface area contributed by atoms with Gasteiger partial charge in [0.1, 0.15) is 0 Å². The fraction of sp³-hybridized carbons (Fsp3) is 0.412. The minimum Gasteiger partial charge on any atom is -0.481 e. The van der Waals surface area contributed by atoms with Crippen LogP contribution in [0.3, 0.4) is 0 Å². The number of allylic oxidation sites excluding steroid dienone is 2. The summed E-state index contributed by atoms with van der Waals surface area (Å²) in [6.45, 7) is 0. The Hall–Kier alpha value is -2.10. The number of carboxylic acid groups (broad SMARTS) is 1. The first-order chi connectivity index (χ1) is 10.2. The lowest BCUT2D eigenvalue weighted by Gasteiger charge is -2.41. The molecule has 2 saturated carbocycles. The van der Waals surface area contributed by atoms with Crippen LogP contribution >= 0.6 is 0 Å². The van der Waals surface area contributed by atoms with Gasteiger partial charge >= 0.3 is 5.97 Å². The van der Waals surface area contributed by atoms with E-state index in [4.69, 9.17) is 0 Å². The maximum Gasteiger partial charge on any atom is 0.307 e. The van der Waals surface area contributed by atoms with Crippen molar-refractivity contribution in [2.24, 2.45) is 35.5 Å². The third-order valence-electron chi connectivity index (χ3n) is 5.28. The van der Waals surface area contributed by atoms with Crippen LogP contribution in [0.2, 0.25) is 0 Å². The van der Waals surface area contributed by atoms with Gasteiger partial charge in [-0.05, 0) is 42.2 Å². The maximum atomic E-state index is 12.6. The summed E-state index contributed by atoms with van der Waals surface area (Å²) in [5.41, 5.74) is 0.726. The van der Waals surface area contributed by atoms with E-state index in [1.165, 1.54) is 0 Å². The topological polar surface area (TPSA) is 66.4 Å². The van der Waals surface area contributed by atoms with E-state index in [1.54, 1.807) is 0 Å². The zero-order chi connectivity index (χ0) is 14.6. The SMILES string of the molecule is O=C(Nc1ccccc1)[C@@H]1[C@@H]2C=C[C@@H]([C@H]3C[C@@H]23)[C@H]1C(=O)O. The Bertz CT molecular complexity index is 624. The first kappa shape index (κ1) is 12.6. The van der Waals surface area contributed by atoms with E-state index >= 15 is 0 Å². The van der Waals surface area contributed by atoms with Crippen molar-refractivity contribution in [1.82, 2.24) is 0 Å². The van der Waals surface area contributed by atoms with Gasteiger partial charge in [0.15, 0.2) is 0 Å². The van der Waals surface area contributed by atoms with Gasteiger partial charge in [-0.25, -0.2) is 0 Å². The van der Waals surface area contributed by atoms with Crippen LogP contribution in [-0.4, -0.2) is 17.0 Å². The summed E-state index contributed by atoms with van der Waals surface area (Å²) < 4.78 is 0. The average Bonchev–Trinajstić information content (AvgIpc) is 3.29. The molecule has 0 aromatic heterocycles. The molecular formula is C17H17NO3. The van der Waals surface area contributed by atoms with Gasteiger partial charge in [0.25, 0.3) is 0 Å². The fourth-order valence-electron chi connectivity index (χ4n) is 4.32. The van der Waals surface area contributed by atoms with Crippen LogP contribution in [0.5, 0.6) is 0 Å². The standard InChI is InChI=1S/C17H17NO3/c19-16(18-9-4-2-1-3-5-9)14-10-6-7-11(13-8-12(10)13)15(14)17(20)21/h1-7,10-15H,8H2,(H,18,19)(H,20,21)/t10-,11+,12+,13-,14-,15-/m1/s1. The second-order valence-electron chi connectivity index (χ2n) is 6.35. The van der Waals surface area contributed by atoms with Crippen LogP contribution in [0.25, 0.3) is 0 Å². The molecule has 0 radical (unpaired) electrons. The van der Waals surface area contributed by atoms with Gasteiger partial charge in [-0.3, -0.25) is 9.59 Å². The molecule has 4 heteroatoms. The molecule has 4 nitrogen and oxygen atoms in total. The maximum absolute atomic E-state index is 12.6. The van der Waals surface area contributed by atoms with Crippen LogP contribution in [0.15, 0.2) is 42.5 Å². The summed E-state index contributed by atoms with van der Waals surface area (Å²) in [4.78, 5) is 24.3. The molecular weight excluding hydrogens is 266 g/mol. The number of hydrogen-bond donors (Lipinski definition) is 2. The molecule has 108 valence electrons. The molecule has 1 aromatic rings. The fourth-order valence-corrected chi connectivity index (χ4v) is 4.32. The lowest BCUT2D eigenvalue weighted by atomic mass is 9.62. The molecule has 0 aliphatic heterocycles.